The molecule has 3 N–H and O–H groups in total. The fourth-order valence-corrected chi connectivity index (χ4v) is 1.73. The summed E-state index contributed by atoms with van der Waals surface area (Å²) in [5.41, 5.74) is 0. The van der Waals surface area contributed by atoms with Gasteiger partial charge in [-0.1, -0.05) is 0 Å². The standard InChI is InChI=1S/C9H10F3N3O5/c10-9(11,12)6(19)7-13-2-15(14-7)8-5(18)4(17)3(1-16)20-8/h2-5,8,16-18H,1H2/t3-,4?,5+,8-/m1/s1. The summed E-state index contributed by atoms with van der Waals surface area (Å²) in [7, 11) is 0. The number of Topliss-reactive ketones (excluding diaryl/α,β-unsaturated/α-hetero) is 1. The van der Waals surface area contributed by atoms with E-state index in [0.717, 1.165) is 6.33 Å². The third-order valence-electron chi connectivity index (χ3n) is 2.75. The number of halogens is 3. The van der Waals surface area contributed by atoms with Crippen molar-refractivity contribution in [2.75, 3.05) is 6.61 Å². The van der Waals surface area contributed by atoms with E-state index in [1.165, 1.54) is 0 Å². The van der Waals surface area contributed by atoms with E-state index in [-0.39, 0.29) is 0 Å². The van der Waals surface area contributed by atoms with Gasteiger partial charge in [0.25, 0.3) is 0 Å². The zero-order valence-electron chi connectivity index (χ0n) is 9.73. The fourth-order valence-electron chi connectivity index (χ4n) is 1.73. The molecule has 0 radical (unpaired) electrons. The maximum Gasteiger partial charge on any atom is 0.458 e. The van der Waals surface area contributed by atoms with Crippen molar-refractivity contribution in [3.8, 4) is 0 Å². The van der Waals surface area contributed by atoms with Crippen LogP contribution in [0.2, 0.25) is 0 Å². The minimum Gasteiger partial charge on any atom is -0.394 e. The van der Waals surface area contributed by atoms with Gasteiger partial charge in [-0.3, -0.25) is 4.79 Å². The molecule has 1 fully saturated rings. The highest BCUT2D eigenvalue weighted by Crippen LogP contribution is 2.28. The molecule has 1 aromatic heterocycles. The number of carbonyl (C=O) groups excluding carboxylic acids is 1. The van der Waals surface area contributed by atoms with E-state index in [4.69, 9.17) is 9.84 Å². The summed E-state index contributed by atoms with van der Waals surface area (Å²) in [6.45, 7) is -0.599. The van der Waals surface area contributed by atoms with E-state index >= 15 is 0 Å². The second-order valence-corrected chi connectivity index (χ2v) is 4.10. The van der Waals surface area contributed by atoms with Gasteiger partial charge in [-0.15, -0.1) is 5.10 Å². The Hall–Kier alpha value is -1.56. The van der Waals surface area contributed by atoms with Crippen molar-refractivity contribution in [2.45, 2.75) is 30.7 Å². The molecule has 1 aliphatic rings. The number of aromatic nitrogens is 3. The van der Waals surface area contributed by atoms with Crippen LogP contribution in [-0.4, -0.2) is 67.0 Å². The van der Waals surface area contributed by atoms with Crippen molar-refractivity contribution >= 4 is 5.78 Å². The number of hydrogen-bond acceptors (Lipinski definition) is 7. The van der Waals surface area contributed by atoms with Gasteiger partial charge in [0.05, 0.1) is 6.61 Å². The van der Waals surface area contributed by atoms with Gasteiger partial charge >= 0.3 is 12.0 Å². The van der Waals surface area contributed by atoms with Crippen molar-refractivity contribution in [3.63, 3.8) is 0 Å². The van der Waals surface area contributed by atoms with E-state index in [1.54, 1.807) is 0 Å². The fraction of sp³-hybridized carbons (Fsp3) is 0.667. The van der Waals surface area contributed by atoms with E-state index in [0.29, 0.717) is 4.68 Å². The molecule has 20 heavy (non-hydrogen) atoms. The molecule has 1 aromatic rings. The van der Waals surface area contributed by atoms with Crippen LogP contribution in [-0.2, 0) is 4.74 Å². The SMILES string of the molecule is O=C(c1ncn([C@@H]2O[C@H](CO)C(O)[C@@H]2O)n1)C(F)(F)F. The van der Waals surface area contributed by atoms with Crippen molar-refractivity contribution in [3.05, 3.63) is 12.2 Å². The zero-order valence-corrected chi connectivity index (χ0v) is 9.73. The molecule has 1 aliphatic heterocycles. The molecular weight excluding hydrogens is 287 g/mol. The average molecular weight is 297 g/mol. The van der Waals surface area contributed by atoms with Gasteiger partial charge in [0.1, 0.15) is 24.6 Å². The van der Waals surface area contributed by atoms with E-state index in [1.807, 2.05) is 0 Å². The first kappa shape index (κ1) is 14.8. The van der Waals surface area contributed by atoms with Crippen molar-refractivity contribution in [1.82, 2.24) is 14.8 Å². The Balaban J connectivity index is 2.20. The van der Waals surface area contributed by atoms with Crippen LogP contribution in [0.4, 0.5) is 13.2 Å². The summed E-state index contributed by atoms with van der Waals surface area (Å²) in [5, 5.41) is 31.3. The summed E-state index contributed by atoms with van der Waals surface area (Å²) >= 11 is 0. The highest BCUT2D eigenvalue weighted by atomic mass is 19.4. The maximum atomic E-state index is 12.2. The predicted octanol–water partition coefficient (Wildman–Crippen LogP) is -1.37. The zero-order chi connectivity index (χ0) is 15.1. The number of ketones is 1. The lowest BCUT2D eigenvalue weighted by molar-refractivity contribution is -0.0894. The summed E-state index contributed by atoms with van der Waals surface area (Å²) in [5.74, 6) is -3.33. The highest BCUT2D eigenvalue weighted by Gasteiger charge is 2.45. The Labute approximate surface area is 109 Å². The van der Waals surface area contributed by atoms with Crippen molar-refractivity contribution in [1.29, 1.82) is 0 Å². The van der Waals surface area contributed by atoms with Crippen LogP contribution in [0.15, 0.2) is 6.33 Å². The first-order valence-corrected chi connectivity index (χ1v) is 5.41. The molecule has 0 spiro atoms. The number of nitrogens with zero attached hydrogens (tertiary/aromatic N) is 3. The number of ether oxygens (including phenoxy) is 1. The van der Waals surface area contributed by atoms with Gasteiger partial charge in [0.2, 0.25) is 5.82 Å². The molecule has 0 saturated carbocycles. The molecule has 112 valence electrons. The molecule has 0 amide bonds. The highest BCUT2D eigenvalue weighted by molar-refractivity contribution is 5.96. The van der Waals surface area contributed by atoms with E-state index < -0.39 is 48.9 Å². The summed E-state index contributed by atoms with van der Waals surface area (Å²) in [6.07, 6.45) is -9.77. The second-order valence-electron chi connectivity index (χ2n) is 4.10. The van der Waals surface area contributed by atoms with Gasteiger partial charge in [0.15, 0.2) is 6.23 Å². The van der Waals surface area contributed by atoms with Crippen LogP contribution < -0.4 is 0 Å². The minimum atomic E-state index is -5.12. The molecule has 0 aliphatic carbocycles. The molecular formula is C9H10F3N3O5. The van der Waals surface area contributed by atoms with Crippen LogP contribution in [0.3, 0.4) is 0 Å². The Morgan fingerprint density at radius 1 is 1.40 bits per heavy atom. The lowest BCUT2D eigenvalue weighted by Crippen LogP contribution is -2.33. The minimum absolute atomic E-state index is 0.599. The number of carbonyl (C=O) groups is 1. The molecule has 1 saturated heterocycles. The second kappa shape index (κ2) is 5.09. The van der Waals surface area contributed by atoms with Crippen molar-refractivity contribution in [2.24, 2.45) is 0 Å². The van der Waals surface area contributed by atoms with Gasteiger partial charge < -0.3 is 20.1 Å². The Kier molecular flexibility index (Phi) is 3.77. The van der Waals surface area contributed by atoms with Gasteiger partial charge in [-0.2, -0.15) is 13.2 Å². The summed E-state index contributed by atoms with van der Waals surface area (Å²) in [4.78, 5) is 14.1. The molecule has 1 unspecified atom stereocenters. The normalized spacial score (nSPS) is 30.7. The summed E-state index contributed by atoms with van der Waals surface area (Å²) < 4.78 is 42.3. The van der Waals surface area contributed by atoms with Crippen molar-refractivity contribution < 1.29 is 38.0 Å². The lowest BCUT2D eigenvalue weighted by atomic mass is 10.1. The first-order chi connectivity index (χ1) is 9.25. The van der Waals surface area contributed by atoms with Crippen LogP contribution in [0.5, 0.6) is 0 Å². The maximum absolute atomic E-state index is 12.2. The quantitative estimate of drug-likeness (QED) is 0.589. The Bertz CT molecular complexity index is 505. The number of rotatable bonds is 3. The molecule has 11 heteroatoms. The predicted molar refractivity (Wildman–Crippen MR) is 53.4 cm³/mol. The number of alkyl halides is 3. The number of aliphatic hydroxyl groups excluding tert-OH is 3. The van der Waals surface area contributed by atoms with E-state index in [2.05, 4.69) is 10.1 Å². The molecule has 2 rings (SSSR count). The van der Waals surface area contributed by atoms with Crippen LogP contribution >= 0.6 is 0 Å². The van der Waals surface area contributed by atoms with Gasteiger partial charge in [-0.25, -0.2) is 9.67 Å². The Morgan fingerprint density at radius 3 is 2.55 bits per heavy atom. The van der Waals surface area contributed by atoms with E-state index in [9.17, 15) is 28.2 Å². The topological polar surface area (TPSA) is 118 Å². The third-order valence-corrected chi connectivity index (χ3v) is 2.75. The molecule has 4 atom stereocenters. The molecule has 0 aromatic carbocycles. The Morgan fingerprint density at radius 2 is 2.05 bits per heavy atom. The monoisotopic (exact) mass is 297 g/mol. The molecule has 2 heterocycles. The first-order valence-electron chi connectivity index (χ1n) is 5.41. The molecule has 8 nitrogen and oxygen atoms in total. The molecule has 0 bridgehead atoms. The van der Waals surface area contributed by atoms with Gasteiger partial charge in [-0.05, 0) is 0 Å². The lowest BCUT2D eigenvalue weighted by Gasteiger charge is -2.13. The number of aliphatic hydroxyl groups is 3. The largest absolute Gasteiger partial charge is 0.458 e. The summed E-state index contributed by atoms with van der Waals surface area (Å²) in [6, 6.07) is 0. The smallest absolute Gasteiger partial charge is 0.394 e. The van der Waals surface area contributed by atoms with Crippen LogP contribution in [0.25, 0.3) is 0 Å². The van der Waals surface area contributed by atoms with Crippen LogP contribution in [0, 0.1) is 0 Å². The third kappa shape index (κ3) is 2.52. The van der Waals surface area contributed by atoms with Gasteiger partial charge in [0, 0.05) is 0 Å². The average Bonchev–Trinajstić information content (AvgIpc) is 2.95. The number of hydrogen-bond donors (Lipinski definition) is 3. The van der Waals surface area contributed by atoms with Crippen LogP contribution in [0.1, 0.15) is 16.8 Å².